The average Bonchev–Trinajstić information content (AvgIpc) is 2.42. The van der Waals surface area contributed by atoms with Crippen LogP contribution < -0.4 is 0 Å². The van der Waals surface area contributed by atoms with E-state index in [4.69, 9.17) is 0 Å². The first kappa shape index (κ1) is 17.0. The van der Waals surface area contributed by atoms with Gasteiger partial charge in [-0.3, -0.25) is 14.5 Å². The fourth-order valence-electron chi connectivity index (χ4n) is 2.89. The maximum absolute atomic E-state index is 12.5. The van der Waals surface area contributed by atoms with E-state index in [-0.39, 0.29) is 11.9 Å². The molecule has 2 atom stereocenters. The number of esters is 1. The minimum absolute atomic E-state index is 0.177. The highest BCUT2D eigenvalue weighted by Crippen LogP contribution is 2.22. The van der Waals surface area contributed by atoms with E-state index in [1.165, 1.54) is 13.5 Å². The van der Waals surface area contributed by atoms with Crippen LogP contribution in [0.5, 0.6) is 0 Å². The standard InChI is InChI=1S/C15H28N2O3/c1-5-16(10-9-15(19)20-4)11-14(18)17-12(2)7-6-8-13(17)3/h12-13H,5-11H2,1-4H3. The Hall–Kier alpha value is -1.10. The normalized spacial score (nSPS) is 22.9. The number of rotatable bonds is 6. The highest BCUT2D eigenvalue weighted by Gasteiger charge is 2.29. The highest BCUT2D eigenvalue weighted by molar-refractivity contribution is 5.79. The molecule has 20 heavy (non-hydrogen) atoms. The Bertz CT molecular complexity index is 323. The molecule has 0 spiro atoms. The lowest BCUT2D eigenvalue weighted by Gasteiger charge is -2.40. The van der Waals surface area contributed by atoms with E-state index in [0.29, 0.717) is 31.6 Å². The summed E-state index contributed by atoms with van der Waals surface area (Å²) in [5.74, 6) is -0.0491. The highest BCUT2D eigenvalue weighted by atomic mass is 16.5. The second kappa shape index (κ2) is 8.25. The third-order valence-electron chi connectivity index (χ3n) is 4.15. The molecule has 1 aliphatic rings. The zero-order chi connectivity index (χ0) is 15.1. The predicted molar refractivity (Wildman–Crippen MR) is 78.4 cm³/mol. The topological polar surface area (TPSA) is 49.9 Å². The molecule has 1 fully saturated rings. The number of hydrogen-bond donors (Lipinski definition) is 0. The van der Waals surface area contributed by atoms with Gasteiger partial charge in [0, 0.05) is 18.6 Å². The van der Waals surface area contributed by atoms with Gasteiger partial charge in [-0.25, -0.2) is 0 Å². The van der Waals surface area contributed by atoms with Crippen LogP contribution in [-0.2, 0) is 14.3 Å². The lowest BCUT2D eigenvalue weighted by Crippen LogP contribution is -2.51. The van der Waals surface area contributed by atoms with Crippen LogP contribution in [0.4, 0.5) is 0 Å². The Morgan fingerprint density at radius 2 is 1.85 bits per heavy atom. The van der Waals surface area contributed by atoms with Crippen LogP contribution in [0.15, 0.2) is 0 Å². The Morgan fingerprint density at radius 1 is 1.25 bits per heavy atom. The summed E-state index contributed by atoms with van der Waals surface area (Å²) in [6.07, 6.45) is 3.71. The zero-order valence-electron chi connectivity index (χ0n) is 13.2. The number of likely N-dealkylation sites (N-methyl/N-ethyl adjacent to an activating group) is 1. The van der Waals surface area contributed by atoms with Gasteiger partial charge in [0.15, 0.2) is 0 Å². The number of amides is 1. The molecule has 1 amide bonds. The van der Waals surface area contributed by atoms with E-state index in [1.807, 2.05) is 16.7 Å². The molecule has 0 saturated carbocycles. The SMILES string of the molecule is CCN(CCC(=O)OC)CC(=O)N1C(C)CCCC1C. The molecule has 1 saturated heterocycles. The monoisotopic (exact) mass is 284 g/mol. The van der Waals surface area contributed by atoms with E-state index < -0.39 is 0 Å². The molecule has 1 aliphatic heterocycles. The molecule has 5 nitrogen and oxygen atoms in total. The molecular weight excluding hydrogens is 256 g/mol. The third-order valence-corrected chi connectivity index (χ3v) is 4.15. The number of carbonyl (C=O) groups excluding carboxylic acids is 2. The number of nitrogens with zero attached hydrogens (tertiary/aromatic N) is 2. The van der Waals surface area contributed by atoms with Crippen molar-refractivity contribution in [2.24, 2.45) is 0 Å². The molecule has 2 unspecified atom stereocenters. The first-order valence-corrected chi connectivity index (χ1v) is 7.59. The molecule has 0 radical (unpaired) electrons. The van der Waals surface area contributed by atoms with Crippen molar-refractivity contribution in [2.45, 2.75) is 58.5 Å². The Morgan fingerprint density at radius 3 is 2.35 bits per heavy atom. The largest absolute Gasteiger partial charge is 0.469 e. The van der Waals surface area contributed by atoms with Crippen molar-refractivity contribution in [3.63, 3.8) is 0 Å². The van der Waals surface area contributed by atoms with Crippen molar-refractivity contribution in [3.05, 3.63) is 0 Å². The van der Waals surface area contributed by atoms with Crippen LogP contribution in [0, 0.1) is 0 Å². The Labute approximate surface area is 122 Å². The van der Waals surface area contributed by atoms with Gasteiger partial charge in [-0.15, -0.1) is 0 Å². The number of methoxy groups -OCH3 is 1. The predicted octanol–water partition coefficient (Wildman–Crippen LogP) is 1.66. The Balaban J connectivity index is 2.51. The van der Waals surface area contributed by atoms with Gasteiger partial charge in [0.1, 0.15) is 0 Å². The second-order valence-corrected chi connectivity index (χ2v) is 5.62. The van der Waals surface area contributed by atoms with Crippen molar-refractivity contribution >= 4 is 11.9 Å². The number of carbonyl (C=O) groups is 2. The fourth-order valence-corrected chi connectivity index (χ4v) is 2.89. The summed E-state index contributed by atoms with van der Waals surface area (Å²) in [5, 5.41) is 0. The number of hydrogen-bond acceptors (Lipinski definition) is 4. The minimum atomic E-state index is -0.226. The molecule has 1 rings (SSSR count). The number of ether oxygens (including phenoxy) is 1. The van der Waals surface area contributed by atoms with Crippen molar-refractivity contribution in [1.82, 2.24) is 9.80 Å². The van der Waals surface area contributed by atoms with Crippen molar-refractivity contribution in [1.29, 1.82) is 0 Å². The first-order valence-electron chi connectivity index (χ1n) is 7.59. The van der Waals surface area contributed by atoms with Gasteiger partial charge < -0.3 is 9.64 Å². The zero-order valence-corrected chi connectivity index (χ0v) is 13.2. The molecular formula is C15H28N2O3. The lowest BCUT2D eigenvalue weighted by molar-refractivity contribution is -0.142. The van der Waals surface area contributed by atoms with E-state index in [9.17, 15) is 9.59 Å². The molecule has 5 heteroatoms. The smallest absolute Gasteiger partial charge is 0.306 e. The van der Waals surface area contributed by atoms with E-state index in [2.05, 4.69) is 18.6 Å². The quantitative estimate of drug-likeness (QED) is 0.696. The second-order valence-electron chi connectivity index (χ2n) is 5.62. The van der Waals surface area contributed by atoms with Gasteiger partial charge in [-0.1, -0.05) is 6.92 Å². The van der Waals surface area contributed by atoms with Gasteiger partial charge in [-0.05, 0) is 39.7 Å². The van der Waals surface area contributed by atoms with Crippen LogP contribution in [0.25, 0.3) is 0 Å². The summed E-state index contributed by atoms with van der Waals surface area (Å²) in [7, 11) is 1.39. The number of likely N-dealkylation sites (tertiary alicyclic amines) is 1. The van der Waals surface area contributed by atoms with Crippen LogP contribution in [0.2, 0.25) is 0 Å². The molecule has 116 valence electrons. The van der Waals surface area contributed by atoms with Crippen LogP contribution in [0.3, 0.4) is 0 Å². The maximum Gasteiger partial charge on any atom is 0.306 e. The van der Waals surface area contributed by atoms with Gasteiger partial charge in [0.2, 0.25) is 5.91 Å². The third kappa shape index (κ3) is 4.78. The molecule has 0 aromatic rings. The van der Waals surface area contributed by atoms with Crippen LogP contribution in [-0.4, -0.2) is 60.5 Å². The van der Waals surface area contributed by atoms with Gasteiger partial charge in [0.05, 0.1) is 20.1 Å². The molecule has 0 aromatic heterocycles. The van der Waals surface area contributed by atoms with Gasteiger partial charge >= 0.3 is 5.97 Å². The summed E-state index contributed by atoms with van der Waals surface area (Å²) < 4.78 is 4.64. The minimum Gasteiger partial charge on any atom is -0.469 e. The van der Waals surface area contributed by atoms with Crippen molar-refractivity contribution in [2.75, 3.05) is 26.7 Å². The molecule has 1 heterocycles. The summed E-state index contributed by atoms with van der Waals surface area (Å²) in [6, 6.07) is 0.649. The summed E-state index contributed by atoms with van der Waals surface area (Å²) >= 11 is 0. The fraction of sp³-hybridized carbons (Fsp3) is 0.867. The maximum atomic E-state index is 12.5. The van der Waals surface area contributed by atoms with Gasteiger partial charge in [-0.2, -0.15) is 0 Å². The summed E-state index contributed by atoms with van der Waals surface area (Å²) in [4.78, 5) is 27.7. The van der Waals surface area contributed by atoms with Crippen LogP contribution in [0.1, 0.15) is 46.5 Å². The van der Waals surface area contributed by atoms with Gasteiger partial charge in [0.25, 0.3) is 0 Å². The van der Waals surface area contributed by atoms with Crippen molar-refractivity contribution < 1.29 is 14.3 Å². The van der Waals surface area contributed by atoms with Crippen molar-refractivity contribution in [3.8, 4) is 0 Å². The lowest BCUT2D eigenvalue weighted by atomic mass is 9.97. The summed E-state index contributed by atoms with van der Waals surface area (Å²) in [6.45, 7) is 7.98. The van der Waals surface area contributed by atoms with E-state index in [1.54, 1.807) is 0 Å². The van der Waals surface area contributed by atoms with E-state index >= 15 is 0 Å². The molecule has 0 bridgehead atoms. The Kier molecular flexibility index (Phi) is 6.99. The average molecular weight is 284 g/mol. The van der Waals surface area contributed by atoms with Crippen LogP contribution >= 0.6 is 0 Å². The first-order chi connectivity index (χ1) is 9.49. The summed E-state index contributed by atoms with van der Waals surface area (Å²) in [5.41, 5.74) is 0. The molecule has 0 aromatic carbocycles. The molecule has 0 aliphatic carbocycles. The number of piperidine rings is 1. The molecule has 0 N–H and O–H groups in total. The van der Waals surface area contributed by atoms with E-state index in [0.717, 1.165) is 19.4 Å².